The van der Waals surface area contributed by atoms with Crippen LogP contribution in [-0.4, -0.2) is 10.1 Å². The van der Waals surface area contributed by atoms with Crippen molar-refractivity contribution in [2.24, 2.45) is 0 Å². The largest absolute Gasteiger partial charge is 0.321 e. The molecule has 4 heteroatoms. The van der Waals surface area contributed by atoms with Gasteiger partial charge in [0.15, 0.2) is 0 Å². The van der Waals surface area contributed by atoms with Crippen LogP contribution in [-0.2, 0) is 0 Å². The van der Waals surface area contributed by atoms with Crippen molar-refractivity contribution in [3.8, 4) is 11.4 Å². The zero-order chi connectivity index (χ0) is 10.3. The van der Waals surface area contributed by atoms with Gasteiger partial charge in [-0.3, -0.25) is 0 Å². The topological polar surface area (TPSA) is 38.9 Å². The minimum absolute atomic E-state index is 0.0931. The highest BCUT2D eigenvalue weighted by atomic mass is 35.5. The molecule has 0 aliphatic heterocycles. The third kappa shape index (κ3) is 1.63. The third-order valence-corrected chi connectivity index (χ3v) is 2.77. The van der Waals surface area contributed by atoms with Gasteiger partial charge in [0.25, 0.3) is 0 Å². The number of aromatic nitrogens is 2. The van der Waals surface area contributed by atoms with E-state index in [-0.39, 0.29) is 5.35 Å². The number of benzene rings is 1. The lowest BCUT2D eigenvalue weighted by molar-refractivity contribution is 0.420. The third-order valence-electron chi connectivity index (χ3n) is 2.62. The quantitative estimate of drug-likeness (QED) is 0.780. The maximum atomic E-state index is 5.62. The average molecular weight is 221 g/mol. The maximum absolute atomic E-state index is 5.62. The first-order chi connectivity index (χ1) is 7.34. The van der Waals surface area contributed by atoms with Crippen molar-refractivity contribution < 1.29 is 4.52 Å². The molecule has 0 atom stereocenters. The molecule has 3 rings (SSSR count). The Morgan fingerprint density at radius 2 is 2.07 bits per heavy atom. The molecule has 1 aliphatic carbocycles. The summed E-state index contributed by atoms with van der Waals surface area (Å²) in [4.78, 5) is 4.04. The fraction of sp³-hybridized carbons (Fsp3) is 0.273. The molecule has 3 nitrogen and oxygen atoms in total. The fourth-order valence-corrected chi connectivity index (χ4v) is 1.88. The zero-order valence-corrected chi connectivity index (χ0v) is 8.74. The summed E-state index contributed by atoms with van der Waals surface area (Å²) >= 11 is 5.62. The summed E-state index contributed by atoms with van der Waals surface area (Å²) in [6.45, 7) is 0. The Kier molecular flexibility index (Phi) is 1.99. The van der Waals surface area contributed by atoms with Crippen LogP contribution in [0.4, 0.5) is 0 Å². The van der Waals surface area contributed by atoms with Crippen molar-refractivity contribution in [2.45, 2.75) is 18.8 Å². The van der Waals surface area contributed by atoms with Crippen LogP contribution in [0.2, 0.25) is 5.35 Å². The minimum atomic E-state index is 0.0931. The lowest BCUT2D eigenvalue weighted by atomic mass is 10.0. The molecule has 1 saturated carbocycles. The molecule has 1 aromatic heterocycles. The molecule has 0 bridgehead atoms. The van der Waals surface area contributed by atoms with E-state index >= 15 is 0 Å². The predicted molar refractivity (Wildman–Crippen MR) is 56.7 cm³/mol. The molecular weight excluding hydrogens is 212 g/mol. The highest BCUT2D eigenvalue weighted by Gasteiger charge is 2.27. The van der Waals surface area contributed by atoms with Crippen molar-refractivity contribution in [3.63, 3.8) is 0 Å². The molecule has 0 amide bonds. The molecule has 15 heavy (non-hydrogen) atoms. The van der Waals surface area contributed by atoms with Crippen LogP contribution in [0.1, 0.15) is 24.3 Å². The van der Waals surface area contributed by atoms with Crippen LogP contribution >= 0.6 is 11.6 Å². The molecular formula is C11H9ClN2O. The summed E-state index contributed by atoms with van der Waals surface area (Å²) in [5.41, 5.74) is 2.34. The van der Waals surface area contributed by atoms with Gasteiger partial charge >= 0.3 is 5.35 Å². The first-order valence-electron chi connectivity index (χ1n) is 4.93. The summed E-state index contributed by atoms with van der Waals surface area (Å²) in [6, 6.07) is 8.15. The van der Waals surface area contributed by atoms with Crippen LogP contribution in [0, 0.1) is 0 Å². The monoisotopic (exact) mass is 220 g/mol. The first-order valence-corrected chi connectivity index (χ1v) is 5.31. The summed E-state index contributed by atoms with van der Waals surface area (Å²) in [5, 5.41) is 3.93. The van der Waals surface area contributed by atoms with Gasteiger partial charge in [-0.1, -0.05) is 29.4 Å². The number of hydrogen-bond donors (Lipinski definition) is 0. The molecule has 1 aliphatic rings. The van der Waals surface area contributed by atoms with E-state index in [0.29, 0.717) is 11.7 Å². The lowest BCUT2D eigenvalue weighted by Gasteiger charge is -2.02. The van der Waals surface area contributed by atoms with Crippen molar-refractivity contribution in [1.82, 2.24) is 10.1 Å². The van der Waals surface area contributed by atoms with Crippen LogP contribution in [0.25, 0.3) is 11.4 Å². The van der Waals surface area contributed by atoms with E-state index in [1.807, 2.05) is 18.2 Å². The molecule has 2 aromatic rings. The van der Waals surface area contributed by atoms with E-state index in [2.05, 4.69) is 16.2 Å². The Bertz CT molecular complexity index is 491. The normalized spacial score (nSPS) is 15.5. The Morgan fingerprint density at radius 1 is 1.27 bits per heavy atom. The molecule has 1 heterocycles. The fourth-order valence-electron chi connectivity index (χ4n) is 1.77. The SMILES string of the molecule is Clc1nc(-c2ccccc2C2CC2)no1. The van der Waals surface area contributed by atoms with Crippen LogP contribution in [0.15, 0.2) is 28.8 Å². The number of nitrogens with zero attached hydrogens (tertiary/aromatic N) is 2. The van der Waals surface area contributed by atoms with E-state index in [1.165, 1.54) is 18.4 Å². The van der Waals surface area contributed by atoms with Gasteiger partial charge in [-0.2, -0.15) is 4.98 Å². The summed E-state index contributed by atoms with van der Waals surface area (Å²) in [7, 11) is 0. The Morgan fingerprint density at radius 3 is 2.73 bits per heavy atom. The van der Waals surface area contributed by atoms with Gasteiger partial charge in [0.2, 0.25) is 5.82 Å². The van der Waals surface area contributed by atoms with Crippen molar-refractivity contribution in [1.29, 1.82) is 0 Å². The van der Waals surface area contributed by atoms with Crippen molar-refractivity contribution in [3.05, 3.63) is 35.2 Å². The molecule has 1 aromatic carbocycles. The second-order valence-corrected chi connectivity index (χ2v) is 4.06. The van der Waals surface area contributed by atoms with Crippen molar-refractivity contribution >= 4 is 11.6 Å². The highest BCUT2D eigenvalue weighted by molar-refractivity contribution is 6.27. The molecule has 0 unspecified atom stereocenters. The number of halogens is 1. The Hall–Kier alpha value is -1.35. The lowest BCUT2D eigenvalue weighted by Crippen LogP contribution is -1.88. The highest BCUT2D eigenvalue weighted by Crippen LogP contribution is 2.43. The van der Waals surface area contributed by atoms with Gasteiger partial charge in [-0.05, 0) is 35.9 Å². The van der Waals surface area contributed by atoms with Crippen LogP contribution < -0.4 is 0 Å². The maximum Gasteiger partial charge on any atom is 0.320 e. The van der Waals surface area contributed by atoms with E-state index in [1.54, 1.807) is 0 Å². The molecule has 0 radical (unpaired) electrons. The molecule has 76 valence electrons. The molecule has 0 N–H and O–H groups in total. The van der Waals surface area contributed by atoms with E-state index < -0.39 is 0 Å². The van der Waals surface area contributed by atoms with Gasteiger partial charge < -0.3 is 4.52 Å². The van der Waals surface area contributed by atoms with Gasteiger partial charge in [0.05, 0.1) is 0 Å². The van der Waals surface area contributed by atoms with E-state index in [0.717, 1.165) is 5.56 Å². The van der Waals surface area contributed by atoms with E-state index in [4.69, 9.17) is 16.1 Å². The predicted octanol–water partition coefficient (Wildman–Crippen LogP) is 3.27. The molecule has 0 saturated heterocycles. The van der Waals surface area contributed by atoms with Gasteiger partial charge in [0, 0.05) is 5.56 Å². The summed E-state index contributed by atoms with van der Waals surface area (Å²) < 4.78 is 4.78. The Labute approximate surface area is 92.1 Å². The Balaban J connectivity index is 2.10. The first kappa shape index (κ1) is 8.92. The van der Waals surface area contributed by atoms with Crippen molar-refractivity contribution in [2.75, 3.05) is 0 Å². The second-order valence-electron chi connectivity index (χ2n) is 3.73. The van der Waals surface area contributed by atoms with Gasteiger partial charge in [-0.25, -0.2) is 0 Å². The van der Waals surface area contributed by atoms with Crippen LogP contribution in [0.5, 0.6) is 0 Å². The molecule has 0 spiro atoms. The van der Waals surface area contributed by atoms with E-state index in [9.17, 15) is 0 Å². The smallest absolute Gasteiger partial charge is 0.320 e. The summed E-state index contributed by atoms with van der Waals surface area (Å²) in [5.74, 6) is 1.25. The summed E-state index contributed by atoms with van der Waals surface area (Å²) in [6.07, 6.45) is 2.51. The number of rotatable bonds is 2. The zero-order valence-electron chi connectivity index (χ0n) is 7.98. The second kappa shape index (κ2) is 3.35. The van der Waals surface area contributed by atoms with Crippen LogP contribution in [0.3, 0.4) is 0 Å². The standard InChI is InChI=1S/C11H9ClN2O/c12-11-13-10(14-15-11)9-4-2-1-3-8(9)7-5-6-7/h1-4,7H,5-6H2. The van der Waals surface area contributed by atoms with Gasteiger partial charge in [0.1, 0.15) is 0 Å². The number of hydrogen-bond acceptors (Lipinski definition) is 3. The average Bonchev–Trinajstić information content (AvgIpc) is 3.02. The van der Waals surface area contributed by atoms with Gasteiger partial charge in [-0.15, -0.1) is 0 Å². The minimum Gasteiger partial charge on any atom is -0.321 e. The molecule has 1 fully saturated rings.